The van der Waals surface area contributed by atoms with Crippen LogP contribution in [0.1, 0.15) is 13.8 Å². The Morgan fingerprint density at radius 3 is 2.44 bits per heavy atom. The Kier molecular flexibility index (Phi) is 3.51. The summed E-state index contributed by atoms with van der Waals surface area (Å²) in [5, 5.41) is 9.81. The zero-order chi connectivity index (χ0) is 13.1. The second-order valence-corrected chi connectivity index (χ2v) is 4.32. The Balaban J connectivity index is 2.49. The van der Waals surface area contributed by atoms with E-state index < -0.39 is 5.82 Å². The molecule has 0 radical (unpaired) electrons. The minimum absolute atomic E-state index is 0.0359. The molecule has 0 heterocycles. The molecule has 0 aliphatic rings. The summed E-state index contributed by atoms with van der Waals surface area (Å²) in [7, 11) is 0. The van der Waals surface area contributed by atoms with Gasteiger partial charge >= 0.3 is 0 Å². The van der Waals surface area contributed by atoms with Gasteiger partial charge in [-0.15, -0.1) is 0 Å². The third kappa shape index (κ3) is 2.62. The van der Waals surface area contributed by atoms with E-state index in [2.05, 4.69) is 0 Å². The second-order valence-electron chi connectivity index (χ2n) is 4.32. The van der Waals surface area contributed by atoms with Crippen LogP contribution in [0.25, 0.3) is 11.1 Å². The van der Waals surface area contributed by atoms with E-state index in [9.17, 15) is 9.50 Å². The summed E-state index contributed by atoms with van der Waals surface area (Å²) in [6.45, 7) is 3.86. The van der Waals surface area contributed by atoms with Crippen LogP contribution in [-0.2, 0) is 0 Å². The van der Waals surface area contributed by atoms with Gasteiger partial charge in [-0.05, 0) is 32.0 Å². The summed E-state index contributed by atoms with van der Waals surface area (Å²) in [4.78, 5) is 0. The number of rotatable bonds is 3. The van der Waals surface area contributed by atoms with Crippen LogP contribution < -0.4 is 4.74 Å². The van der Waals surface area contributed by atoms with Crippen molar-refractivity contribution in [3.8, 4) is 22.6 Å². The Morgan fingerprint density at radius 2 is 1.78 bits per heavy atom. The van der Waals surface area contributed by atoms with Gasteiger partial charge in [-0.2, -0.15) is 0 Å². The van der Waals surface area contributed by atoms with E-state index in [4.69, 9.17) is 4.74 Å². The molecule has 3 heteroatoms. The molecule has 0 aromatic heterocycles. The van der Waals surface area contributed by atoms with Gasteiger partial charge in [-0.25, -0.2) is 4.39 Å². The summed E-state index contributed by atoms with van der Waals surface area (Å²) in [6.07, 6.45) is 0.0359. The Hall–Kier alpha value is -2.03. The molecule has 0 saturated heterocycles. The van der Waals surface area contributed by atoms with Crippen molar-refractivity contribution in [3.63, 3.8) is 0 Å². The maximum absolute atomic E-state index is 13.0. The van der Waals surface area contributed by atoms with Gasteiger partial charge in [0.1, 0.15) is 17.3 Å². The van der Waals surface area contributed by atoms with E-state index in [0.717, 1.165) is 11.6 Å². The molecule has 0 amide bonds. The molecule has 94 valence electrons. The Morgan fingerprint density at radius 1 is 1.06 bits per heavy atom. The topological polar surface area (TPSA) is 29.5 Å². The zero-order valence-corrected chi connectivity index (χ0v) is 10.4. The molecule has 0 fully saturated rings. The van der Waals surface area contributed by atoms with Crippen molar-refractivity contribution in [2.75, 3.05) is 0 Å². The zero-order valence-electron chi connectivity index (χ0n) is 10.4. The number of phenols is 1. The monoisotopic (exact) mass is 246 g/mol. The van der Waals surface area contributed by atoms with Crippen molar-refractivity contribution in [2.24, 2.45) is 0 Å². The standard InChI is InChI=1S/C15H15FO2/c1-10(2)18-15-6-4-3-5-13(15)12-8-7-11(16)9-14(12)17/h3-10,17H,1-2H3. The molecular formula is C15H15FO2. The highest BCUT2D eigenvalue weighted by molar-refractivity contribution is 5.75. The summed E-state index contributed by atoms with van der Waals surface area (Å²) in [6, 6.07) is 11.4. The molecule has 2 aromatic carbocycles. The average Bonchev–Trinajstić information content (AvgIpc) is 2.30. The lowest BCUT2D eigenvalue weighted by atomic mass is 10.0. The van der Waals surface area contributed by atoms with Gasteiger partial charge in [0.25, 0.3) is 0 Å². The van der Waals surface area contributed by atoms with Gasteiger partial charge in [-0.1, -0.05) is 18.2 Å². The Labute approximate surface area is 106 Å². The van der Waals surface area contributed by atoms with E-state index in [1.807, 2.05) is 38.1 Å². The number of aromatic hydroxyl groups is 1. The Bertz CT molecular complexity index is 550. The third-order valence-electron chi connectivity index (χ3n) is 2.50. The molecule has 0 spiro atoms. The van der Waals surface area contributed by atoms with Crippen LogP contribution >= 0.6 is 0 Å². The first-order chi connectivity index (χ1) is 8.58. The van der Waals surface area contributed by atoms with Crippen LogP contribution in [0, 0.1) is 5.82 Å². The normalized spacial score (nSPS) is 10.7. The quantitative estimate of drug-likeness (QED) is 0.887. The maximum atomic E-state index is 13.0. The highest BCUT2D eigenvalue weighted by Gasteiger charge is 2.11. The van der Waals surface area contributed by atoms with Crippen LogP contribution in [0.2, 0.25) is 0 Å². The maximum Gasteiger partial charge on any atom is 0.127 e. The molecule has 0 aliphatic carbocycles. The highest BCUT2D eigenvalue weighted by atomic mass is 19.1. The molecule has 2 rings (SSSR count). The van der Waals surface area contributed by atoms with Crippen molar-refractivity contribution in [3.05, 3.63) is 48.3 Å². The molecule has 0 atom stereocenters. The highest BCUT2D eigenvalue weighted by Crippen LogP contribution is 2.36. The molecule has 0 bridgehead atoms. The summed E-state index contributed by atoms with van der Waals surface area (Å²) < 4.78 is 18.7. The number of ether oxygens (including phenoxy) is 1. The van der Waals surface area contributed by atoms with Crippen LogP contribution in [0.15, 0.2) is 42.5 Å². The van der Waals surface area contributed by atoms with Crippen LogP contribution in [0.5, 0.6) is 11.5 Å². The summed E-state index contributed by atoms with van der Waals surface area (Å²) in [5.41, 5.74) is 1.32. The van der Waals surface area contributed by atoms with Crippen molar-refractivity contribution in [1.29, 1.82) is 0 Å². The van der Waals surface area contributed by atoms with E-state index in [-0.39, 0.29) is 11.9 Å². The van der Waals surface area contributed by atoms with Crippen LogP contribution in [-0.4, -0.2) is 11.2 Å². The number of phenolic OH excluding ortho intramolecular Hbond substituents is 1. The molecule has 18 heavy (non-hydrogen) atoms. The lowest BCUT2D eigenvalue weighted by Crippen LogP contribution is -2.06. The lowest BCUT2D eigenvalue weighted by Gasteiger charge is -2.15. The predicted molar refractivity (Wildman–Crippen MR) is 69.3 cm³/mol. The molecule has 0 saturated carbocycles. The smallest absolute Gasteiger partial charge is 0.127 e. The van der Waals surface area contributed by atoms with E-state index in [1.165, 1.54) is 6.07 Å². The first-order valence-corrected chi connectivity index (χ1v) is 5.82. The number of hydrogen-bond donors (Lipinski definition) is 1. The number of benzene rings is 2. The van der Waals surface area contributed by atoms with E-state index >= 15 is 0 Å². The fourth-order valence-corrected chi connectivity index (χ4v) is 1.78. The van der Waals surface area contributed by atoms with Crippen molar-refractivity contribution >= 4 is 0 Å². The SMILES string of the molecule is CC(C)Oc1ccccc1-c1ccc(F)cc1O. The van der Waals surface area contributed by atoms with Gasteiger partial charge in [0, 0.05) is 17.2 Å². The summed E-state index contributed by atoms with van der Waals surface area (Å²) >= 11 is 0. The molecule has 1 N–H and O–H groups in total. The van der Waals surface area contributed by atoms with Gasteiger partial charge in [0.05, 0.1) is 6.10 Å². The molecular weight excluding hydrogens is 231 g/mol. The number of hydrogen-bond acceptors (Lipinski definition) is 2. The van der Waals surface area contributed by atoms with Gasteiger partial charge in [0.15, 0.2) is 0 Å². The minimum Gasteiger partial charge on any atom is -0.507 e. The van der Waals surface area contributed by atoms with Crippen molar-refractivity contribution < 1.29 is 14.2 Å². The molecule has 0 aliphatic heterocycles. The largest absolute Gasteiger partial charge is 0.507 e. The van der Waals surface area contributed by atoms with Gasteiger partial charge < -0.3 is 9.84 Å². The van der Waals surface area contributed by atoms with Gasteiger partial charge in [0.2, 0.25) is 0 Å². The van der Waals surface area contributed by atoms with Crippen molar-refractivity contribution in [2.45, 2.75) is 20.0 Å². The predicted octanol–water partition coefficient (Wildman–Crippen LogP) is 3.99. The van der Waals surface area contributed by atoms with Crippen LogP contribution in [0.3, 0.4) is 0 Å². The minimum atomic E-state index is -0.460. The van der Waals surface area contributed by atoms with E-state index in [1.54, 1.807) is 6.07 Å². The van der Waals surface area contributed by atoms with Crippen LogP contribution in [0.4, 0.5) is 4.39 Å². The average molecular weight is 246 g/mol. The number of halogens is 1. The fraction of sp³-hybridized carbons (Fsp3) is 0.200. The second kappa shape index (κ2) is 5.08. The third-order valence-corrected chi connectivity index (χ3v) is 2.50. The molecule has 2 nitrogen and oxygen atoms in total. The molecule has 0 unspecified atom stereocenters. The fourth-order valence-electron chi connectivity index (χ4n) is 1.78. The first kappa shape index (κ1) is 12.4. The van der Waals surface area contributed by atoms with Crippen molar-refractivity contribution in [1.82, 2.24) is 0 Å². The summed E-state index contributed by atoms with van der Waals surface area (Å²) in [5.74, 6) is 0.128. The lowest BCUT2D eigenvalue weighted by molar-refractivity contribution is 0.243. The molecule has 2 aromatic rings. The number of para-hydroxylation sites is 1. The van der Waals surface area contributed by atoms with E-state index in [0.29, 0.717) is 11.3 Å². The van der Waals surface area contributed by atoms with Gasteiger partial charge in [-0.3, -0.25) is 0 Å². The first-order valence-electron chi connectivity index (χ1n) is 5.82.